The summed E-state index contributed by atoms with van der Waals surface area (Å²) in [7, 11) is 0. The van der Waals surface area contributed by atoms with Gasteiger partial charge in [0.2, 0.25) is 0 Å². The van der Waals surface area contributed by atoms with Crippen LogP contribution in [0.25, 0.3) is 16.3 Å². The minimum absolute atomic E-state index is 0.142. The van der Waals surface area contributed by atoms with Crippen molar-refractivity contribution in [1.29, 1.82) is 5.26 Å². The van der Waals surface area contributed by atoms with Gasteiger partial charge in [-0.1, -0.05) is 32.0 Å². The van der Waals surface area contributed by atoms with E-state index in [9.17, 15) is 10.1 Å². The van der Waals surface area contributed by atoms with Crippen LogP contribution >= 0.6 is 0 Å². The lowest BCUT2D eigenvalue weighted by Crippen LogP contribution is -2.45. The molecule has 0 aliphatic rings. The summed E-state index contributed by atoms with van der Waals surface area (Å²) >= 11 is 0. The molecule has 0 aliphatic carbocycles. The highest BCUT2D eigenvalue weighted by molar-refractivity contribution is 6.05. The van der Waals surface area contributed by atoms with Gasteiger partial charge in [0.05, 0.1) is 5.60 Å². The van der Waals surface area contributed by atoms with E-state index in [-0.39, 0.29) is 17.1 Å². The van der Waals surface area contributed by atoms with E-state index in [0.29, 0.717) is 18.6 Å². The summed E-state index contributed by atoms with van der Waals surface area (Å²) in [6.45, 7) is 18.8. The van der Waals surface area contributed by atoms with Crippen LogP contribution in [0.3, 0.4) is 0 Å². The van der Waals surface area contributed by atoms with Crippen LogP contribution in [0.15, 0.2) is 42.0 Å². The molecule has 0 unspecified atom stereocenters. The van der Waals surface area contributed by atoms with Crippen LogP contribution in [-0.2, 0) is 9.53 Å². The van der Waals surface area contributed by atoms with Crippen molar-refractivity contribution >= 4 is 27.9 Å². The second kappa shape index (κ2) is 12.2. The summed E-state index contributed by atoms with van der Waals surface area (Å²) in [5, 5.41) is 15.1. The number of nitrogens with one attached hydrogen (secondary N) is 1. The number of ether oxygens (including phenoxy) is 1. The Morgan fingerprint density at radius 3 is 2.17 bits per heavy atom. The van der Waals surface area contributed by atoms with Gasteiger partial charge in [0.1, 0.15) is 11.6 Å². The van der Waals surface area contributed by atoms with Crippen LogP contribution in [-0.4, -0.2) is 36.7 Å². The minimum atomic E-state index is -0.493. The number of hydrogen-bond donors (Lipinski definition) is 1. The van der Waals surface area contributed by atoms with Crippen molar-refractivity contribution in [2.75, 3.05) is 24.6 Å². The lowest BCUT2D eigenvalue weighted by atomic mass is 9.96. The van der Waals surface area contributed by atoms with Gasteiger partial charge >= 0.3 is 0 Å². The number of allylic oxidation sites excluding steroid dienone is 1. The highest BCUT2D eigenvalue weighted by atomic mass is 16.5. The molecule has 0 fully saturated rings. The zero-order valence-corrected chi connectivity index (χ0v) is 22.9. The van der Waals surface area contributed by atoms with E-state index in [1.165, 1.54) is 5.69 Å². The van der Waals surface area contributed by atoms with Gasteiger partial charge in [-0.3, -0.25) is 4.79 Å². The van der Waals surface area contributed by atoms with Gasteiger partial charge in [0, 0.05) is 30.9 Å². The molecule has 5 nitrogen and oxygen atoms in total. The largest absolute Gasteiger partial charge is 0.376 e. The quantitative estimate of drug-likeness (QED) is 0.283. The van der Waals surface area contributed by atoms with E-state index in [1.807, 2.05) is 47.6 Å². The van der Waals surface area contributed by atoms with Gasteiger partial charge < -0.3 is 15.0 Å². The van der Waals surface area contributed by atoms with Crippen LogP contribution in [0.5, 0.6) is 0 Å². The Morgan fingerprint density at radius 1 is 1.00 bits per heavy atom. The first-order valence-electron chi connectivity index (χ1n) is 12.8. The number of nitrogens with zero attached hydrogens (tertiary/aromatic N) is 2. The van der Waals surface area contributed by atoms with E-state index < -0.39 is 5.54 Å². The molecule has 0 aromatic heterocycles. The maximum absolute atomic E-state index is 13.0. The SMILES string of the molecule is CCCN(CCC)c1ccc2cc(C(C)=C(C#N)C(=O)NC(C)(C)CCOC(C)(C)C)ccc2c1. The van der Waals surface area contributed by atoms with Crippen molar-refractivity contribution in [2.24, 2.45) is 0 Å². The number of benzene rings is 2. The third-order valence-corrected chi connectivity index (χ3v) is 6.04. The number of nitriles is 1. The first-order valence-corrected chi connectivity index (χ1v) is 12.8. The van der Waals surface area contributed by atoms with Gasteiger partial charge in [-0.25, -0.2) is 0 Å². The first-order chi connectivity index (χ1) is 16.4. The third-order valence-electron chi connectivity index (χ3n) is 6.04. The maximum atomic E-state index is 13.0. The van der Waals surface area contributed by atoms with Crippen molar-refractivity contribution in [3.05, 3.63) is 47.5 Å². The molecule has 0 saturated heterocycles. The monoisotopic (exact) mass is 477 g/mol. The van der Waals surface area contributed by atoms with Crippen molar-refractivity contribution in [3.8, 4) is 6.07 Å². The molecule has 0 radical (unpaired) electrons. The molecule has 0 bridgehead atoms. The Morgan fingerprint density at radius 2 is 1.60 bits per heavy atom. The third kappa shape index (κ3) is 8.40. The number of carbonyl (C=O) groups is 1. The molecule has 0 heterocycles. The van der Waals surface area contributed by atoms with Gasteiger partial charge in [-0.2, -0.15) is 5.26 Å². The van der Waals surface area contributed by atoms with E-state index in [0.717, 1.165) is 42.3 Å². The van der Waals surface area contributed by atoms with Crippen LogP contribution in [0.1, 0.15) is 80.2 Å². The highest BCUT2D eigenvalue weighted by Crippen LogP contribution is 2.27. The molecule has 1 amide bonds. The van der Waals surface area contributed by atoms with Crippen LogP contribution in [0.4, 0.5) is 5.69 Å². The average Bonchev–Trinajstić information content (AvgIpc) is 2.77. The van der Waals surface area contributed by atoms with Crippen LogP contribution < -0.4 is 10.2 Å². The van der Waals surface area contributed by atoms with E-state index >= 15 is 0 Å². The predicted molar refractivity (Wildman–Crippen MR) is 147 cm³/mol. The fourth-order valence-corrected chi connectivity index (χ4v) is 4.07. The molecule has 2 aromatic carbocycles. The second-order valence-corrected chi connectivity index (χ2v) is 10.9. The lowest BCUT2D eigenvalue weighted by Gasteiger charge is -2.28. The first kappa shape index (κ1) is 28.4. The molecular weight excluding hydrogens is 434 g/mol. The number of carbonyl (C=O) groups excluding carboxylic acids is 1. The van der Waals surface area contributed by atoms with E-state index in [1.54, 1.807) is 0 Å². The van der Waals surface area contributed by atoms with Gasteiger partial charge in [-0.15, -0.1) is 0 Å². The molecule has 5 heteroatoms. The zero-order chi connectivity index (χ0) is 26.2. The molecule has 35 heavy (non-hydrogen) atoms. The molecule has 0 saturated carbocycles. The Kier molecular flexibility index (Phi) is 9.92. The molecule has 0 spiro atoms. The fraction of sp³-hybridized carbons (Fsp3) is 0.533. The zero-order valence-electron chi connectivity index (χ0n) is 22.9. The maximum Gasteiger partial charge on any atom is 0.262 e. The van der Waals surface area contributed by atoms with Crippen molar-refractivity contribution < 1.29 is 9.53 Å². The summed E-state index contributed by atoms with van der Waals surface area (Å²) in [5.74, 6) is -0.351. The standard InChI is InChI=1S/C30H43N3O2/c1-9-16-33(17-10-2)26-14-13-24-19-23(11-12-25(24)20-26)22(3)27(21-31)28(34)32-30(7,8)15-18-35-29(4,5)6/h11-14,19-20H,9-10,15-18H2,1-8H3,(H,32,34). The average molecular weight is 478 g/mol. The molecule has 1 N–H and O–H groups in total. The summed E-state index contributed by atoms with van der Waals surface area (Å²) in [6, 6.07) is 14.8. The lowest BCUT2D eigenvalue weighted by molar-refractivity contribution is -0.118. The summed E-state index contributed by atoms with van der Waals surface area (Å²) in [5.41, 5.74) is 2.21. The predicted octanol–water partition coefficient (Wildman–Crippen LogP) is 6.86. The van der Waals surface area contributed by atoms with Gasteiger partial charge in [0.15, 0.2) is 0 Å². The smallest absolute Gasteiger partial charge is 0.262 e. The Bertz CT molecular complexity index is 1080. The topological polar surface area (TPSA) is 65.4 Å². The molecule has 2 rings (SSSR count). The molecule has 0 atom stereocenters. The number of anilines is 1. The number of amides is 1. The molecular formula is C30H43N3O2. The number of rotatable bonds is 11. The number of hydrogen-bond acceptors (Lipinski definition) is 4. The Labute approximate surface area is 212 Å². The Hall–Kier alpha value is -2.84. The highest BCUT2D eigenvalue weighted by Gasteiger charge is 2.25. The Balaban J connectivity index is 2.26. The second-order valence-electron chi connectivity index (χ2n) is 10.9. The fourth-order valence-electron chi connectivity index (χ4n) is 4.07. The minimum Gasteiger partial charge on any atom is -0.376 e. The normalized spacial score (nSPS) is 12.8. The molecule has 0 aliphatic heterocycles. The van der Waals surface area contributed by atoms with Crippen molar-refractivity contribution in [3.63, 3.8) is 0 Å². The van der Waals surface area contributed by atoms with Gasteiger partial charge in [-0.05, 0) is 101 Å². The van der Waals surface area contributed by atoms with E-state index in [2.05, 4.69) is 60.5 Å². The molecule has 2 aromatic rings. The van der Waals surface area contributed by atoms with Gasteiger partial charge in [0.25, 0.3) is 5.91 Å². The van der Waals surface area contributed by atoms with E-state index in [4.69, 9.17) is 4.74 Å². The number of fused-ring (bicyclic) bond motifs is 1. The van der Waals surface area contributed by atoms with Crippen molar-refractivity contribution in [2.45, 2.75) is 85.8 Å². The summed E-state index contributed by atoms with van der Waals surface area (Å²) in [6.07, 6.45) is 2.87. The molecule has 190 valence electrons. The summed E-state index contributed by atoms with van der Waals surface area (Å²) in [4.78, 5) is 15.5. The van der Waals surface area contributed by atoms with Crippen LogP contribution in [0.2, 0.25) is 0 Å². The van der Waals surface area contributed by atoms with Crippen molar-refractivity contribution in [1.82, 2.24) is 5.32 Å². The van der Waals surface area contributed by atoms with Crippen LogP contribution in [0, 0.1) is 11.3 Å². The summed E-state index contributed by atoms with van der Waals surface area (Å²) < 4.78 is 5.81.